The molecule has 2 unspecified atom stereocenters. The van der Waals surface area contributed by atoms with E-state index in [1.165, 1.54) is 26.9 Å². The first-order valence-electron chi connectivity index (χ1n) is 8.33. The van der Waals surface area contributed by atoms with Crippen LogP contribution in [0.15, 0.2) is 42.5 Å². The van der Waals surface area contributed by atoms with E-state index in [0.29, 0.717) is 22.8 Å². The quantitative estimate of drug-likeness (QED) is 0.734. The first-order valence-corrected chi connectivity index (χ1v) is 8.33. The van der Waals surface area contributed by atoms with Gasteiger partial charge in [0.1, 0.15) is 0 Å². The third kappa shape index (κ3) is 3.74. The molecule has 138 valence electrons. The number of carbonyl (C=O) groups is 1. The predicted molar refractivity (Wildman–Crippen MR) is 97.4 cm³/mol. The molecule has 2 aromatic rings. The molecule has 1 aliphatic rings. The van der Waals surface area contributed by atoms with Crippen LogP contribution in [0.3, 0.4) is 0 Å². The first-order chi connectivity index (χ1) is 12.7. The minimum absolute atomic E-state index is 0.140. The van der Waals surface area contributed by atoms with Crippen LogP contribution in [0.1, 0.15) is 28.4 Å². The molecule has 7 heteroatoms. The maximum Gasteiger partial charge on any atom is 0.252 e. The number of nitrogens with one attached hydrogen (secondary N) is 3. The molecule has 0 radical (unpaired) electrons. The molecular formula is C19H23N3O4. The summed E-state index contributed by atoms with van der Waals surface area (Å²) in [5.74, 6) is 1.11. The lowest BCUT2D eigenvalue weighted by Crippen LogP contribution is -2.44. The summed E-state index contributed by atoms with van der Waals surface area (Å²) in [4.78, 5) is 12.6. The summed E-state index contributed by atoms with van der Waals surface area (Å²) in [5, 5.41) is 2.97. The lowest BCUT2D eigenvalue weighted by atomic mass is 10.0. The minimum atomic E-state index is -0.225. The number of hydrogen-bond donors (Lipinski definition) is 3. The van der Waals surface area contributed by atoms with Gasteiger partial charge in [0.05, 0.1) is 27.5 Å². The van der Waals surface area contributed by atoms with Crippen molar-refractivity contribution in [3.63, 3.8) is 0 Å². The zero-order chi connectivity index (χ0) is 18.5. The van der Waals surface area contributed by atoms with Gasteiger partial charge in [0.25, 0.3) is 5.91 Å². The van der Waals surface area contributed by atoms with Crippen LogP contribution in [-0.4, -0.2) is 33.4 Å². The third-order valence-corrected chi connectivity index (χ3v) is 4.34. The Bertz CT molecular complexity index is 742. The highest BCUT2D eigenvalue weighted by molar-refractivity contribution is 5.95. The molecule has 3 N–H and O–H groups in total. The maximum absolute atomic E-state index is 12.6. The van der Waals surface area contributed by atoms with Crippen molar-refractivity contribution >= 4 is 5.91 Å². The molecular weight excluding hydrogens is 334 g/mol. The van der Waals surface area contributed by atoms with Crippen LogP contribution in [0.25, 0.3) is 0 Å². The monoisotopic (exact) mass is 357 g/mol. The number of hydrazine groups is 1. The van der Waals surface area contributed by atoms with Crippen molar-refractivity contribution in [1.82, 2.24) is 16.2 Å². The molecule has 0 bridgehead atoms. The highest BCUT2D eigenvalue weighted by Gasteiger charge is 2.27. The van der Waals surface area contributed by atoms with E-state index in [0.717, 1.165) is 6.42 Å². The van der Waals surface area contributed by atoms with Gasteiger partial charge in [-0.05, 0) is 17.7 Å². The Morgan fingerprint density at radius 2 is 1.65 bits per heavy atom. The zero-order valence-electron chi connectivity index (χ0n) is 15.0. The largest absolute Gasteiger partial charge is 0.493 e. The molecule has 1 heterocycles. The molecule has 26 heavy (non-hydrogen) atoms. The summed E-state index contributed by atoms with van der Waals surface area (Å²) in [6.45, 7) is 0. The molecule has 1 saturated heterocycles. The summed E-state index contributed by atoms with van der Waals surface area (Å²) in [5.41, 5.74) is 7.93. The number of hydrogen-bond acceptors (Lipinski definition) is 6. The maximum atomic E-state index is 12.6. The van der Waals surface area contributed by atoms with Crippen LogP contribution in [0.4, 0.5) is 0 Å². The van der Waals surface area contributed by atoms with Gasteiger partial charge in [0.2, 0.25) is 5.75 Å². The van der Waals surface area contributed by atoms with Crippen LogP contribution >= 0.6 is 0 Å². The Balaban J connectivity index is 1.71. The molecule has 1 fully saturated rings. The minimum Gasteiger partial charge on any atom is -0.493 e. The fourth-order valence-electron chi connectivity index (χ4n) is 3.01. The van der Waals surface area contributed by atoms with Crippen molar-refractivity contribution in [2.75, 3.05) is 21.3 Å². The Morgan fingerprint density at radius 3 is 2.23 bits per heavy atom. The van der Waals surface area contributed by atoms with Crippen LogP contribution in [-0.2, 0) is 0 Å². The van der Waals surface area contributed by atoms with E-state index in [9.17, 15) is 4.79 Å². The zero-order valence-corrected chi connectivity index (χ0v) is 15.0. The van der Waals surface area contributed by atoms with Gasteiger partial charge in [-0.15, -0.1) is 0 Å². The molecule has 3 rings (SSSR count). The standard InChI is InChI=1S/C19H23N3O4/c1-24-15-9-13(10-16(25-2)18(15)26-3)19(23)20-17-11-14(21-22-17)12-7-5-4-6-8-12/h4-10,14,17,21-22H,11H2,1-3H3,(H,20,23). The van der Waals surface area contributed by atoms with Crippen LogP contribution in [0, 0.1) is 0 Å². The van der Waals surface area contributed by atoms with Gasteiger partial charge in [-0.25, -0.2) is 10.9 Å². The van der Waals surface area contributed by atoms with Gasteiger partial charge in [0.15, 0.2) is 11.5 Å². The lowest BCUT2D eigenvalue weighted by molar-refractivity contribution is 0.0931. The third-order valence-electron chi connectivity index (χ3n) is 4.34. The number of amides is 1. The van der Waals surface area contributed by atoms with Gasteiger partial charge in [-0.3, -0.25) is 4.79 Å². The molecule has 2 atom stereocenters. The number of ether oxygens (including phenoxy) is 3. The first kappa shape index (κ1) is 18.0. The molecule has 0 saturated carbocycles. The van der Waals surface area contributed by atoms with Crippen LogP contribution < -0.4 is 30.4 Å². The summed E-state index contributed by atoms with van der Waals surface area (Å²) in [7, 11) is 4.57. The Kier molecular flexibility index (Phi) is 5.60. The van der Waals surface area contributed by atoms with Crippen molar-refractivity contribution in [1.29, 1.82) is 0 Å². The second kappa shape index (κ2) is 8.07. The molecule has 1 aliphatic heterocycles. The van der Waals surface area contributed by atoms with Gasteiger partial charge < -0.3 is 19.5 Å². The smallest absolute Gasteiger partial charge is 0.252 e. The number of rotatable bonds is 6. The van der Waals surface area contributed by atoms with E-state index < -0.39 is 0 Å². The van der Waals surface area contributed by atoms with Gasteiger partial charge in [-0.2, -0.15) is 0 Å². The van der Waals surface area contributed by atoms with E-state index in [2.05, 4.69) is 28.3 Å². The molecule has 0 aliphatic carbocycles. The van der Waals surface area contributed by atoms with Crippen molar-refractivity contribution in [2.24, 2.45) is 0 Å². The van der Waals surface area contributed by atoms with Crippen molar-refractivity contribution in [2.45, 2.75) is 18.6 Å². The number of methoxy groups -OCH3 is 3. The van der Waals surface area contributed by atoms with E-state index in [-0.39, 0.29) is 18.1 Å². The van der Waals surface area contributed by atoms with Crippen LogP contribution in [0.2, 0.25) is 0 Å². The van der Waals surface area contributed by atoms with Gasteiger partial charge in [0, 0.05) is 18.0 Å². The SMILES string of the molecule is COc1cc(C(=O)NC2CC(c3ccccc3)NN2)cc(OC)c1OC. The summed E-state index contributed by atoms with van der Waals surface area (Å²) in [6, 6.07) is 13.5. The summed E-state index contributed by atoms with van der Waals surface area (Å²) < 4.78 is 15.9. The number of benzene rings is 2. The fraction of sp³-hybridized carbons (Fsp3) is 0.316. The average Bonchev–Trinajstić information content (AvgIpc) is 3.15. The normalized spacial score (nSPS) is 19.0. The molecule has 0 aromatic heterocycles. The summed E-state index contributed by atoms with van der Waals surface area (Å²) >= 11 is 0. The molecule has 2 aromatic carbocycles. The highest BCUT2D eigenvalue weighted by Crippen LogP contribution is 2.38. The second-order valence-electron chi connectivity index (χ2n) is 5.93. The molecule has 7 nitrogen and oxygen atoms in total. The second-order valence-corrected chi connectivity index (χ2v) is 5.93. The molecule has 1 amide bonds. The van der Waals surface area contributed by atoms with E-state index in [1.54, 1.807) is 12.1 Å². The van der Waals surface area contributed by atoms with Crippen LogP contribution in [0.5, 0.6) is 17.2 Å². The van der Waals surface area contributed by atoms with E-state index >= 15 is 0 Å². The Labute approximate surface area is 152 Å². The van der Waals surface area contributed by atoms with E-state index in [1.807, 2.05) is 18.2 Å². The average molecular weight is 357 g/mol. The van der Waals surface area contributed by atoms with Gasteiger partial charge in [-0.1, -0.05) is 30.3 Å². The topological polar surface area (TPSA) is 80.9 Å². The van der Waals surface area contributed by atoms with Gasteiger partial charge >= 0.3 is 0 Å². The predicted octanol–water partition coefficient (Wildman–Crippen LogP) is 2.01. The molecule has 0 spiro atoms. The number of carbonyl (C=O) groups excluding carboxylic acids is 1. The van der Waals surface area contributed by atoms with Crippen molar-refractivity contribution in [3.05, 3.63) is 53.6 Å². The lowest BCUT2D eigenvalue weighted by Gasteiger charge is -2.16. The fourth-order valence-corrected chi connectivity index (χ4v) is 3.01. The Hall–Kier alpha value is -2.77. The van der Waals surface area contributed by atoms with Crippen molar-refractivity contribution in [3.8, 4) is 17.2 Å². The summed E-state index contributed by atoms with van der Waals surface area (Å²) in [6.07, 6.45) is 0.548. The van der Waals surface area contributed by atoms with E-state index in [4.69, 9.17) is 14.2 Å². The Morgan fingerprint density at radius 1 is 1.00 bits per heavy atom. The van der Waals surface area contributed by atoms with Crippen molar-refractivity contribution < 1.29 is 19.0 Å². The highest BCUT2D eigenvalue weighted by atomic mass is 16.5.